The highest BCUT2D eigenvalue weighted by molar-refractivity contribution is 5.95. The standard InChI is InChI=1S/C27H27N5O5/c1-2-28-26(34)18-5-11-20(12-6-18)32-22(25(30-31-32)27(35)29-19-9-10-19)4-3-15-36-21-13-7-17-8-14-24(33)37-23(17)16-21/h5-8,11-14,16,19H,2-4,9-10,15H2,1H3,(H,28,34)(H,29,35). The molecule has 0 aliphatic heterocycles. The maximum Gasteiger partial charge on any atom is 0.336 e. The highest BCUT2D eigenvalue weighted by Gasteiger charge is 2.27. The molecule has 0 saturated heterocycles. The number of ether oxygens (including phenoxy) is 1. The summed E-state index contributed by atoms with van der Waals surface area (Å²) in [7, 11) is 0. The molecule has 2 amide bonds. The molecule has 10 nitrogen and oxygen atoms in total. The first-order valence-corrected chi connectivity index (χ1v) is 12.3. The van der Waals surface area contributed by atoms with Crippen molar-refractivity contribution in [3.8, 4) is 11.4 Å². The van der Waals surface area contributed by atoms with E-state index in [1.165, 1.54) is 6.07 Å². The Balaban J connectivity index is 1.31. The number of nitrogens with one attached hydrogen (secondary N) is 2. The molecule has 0 bridgehead atoms. The molecule has 2 heterocycles. The van der Waals surface area contributed by atoms with E-state index in [0.717, 1.165) is 18.2 Å². The fraction of sp³-hybridized carbons (Fsp3) is 0.296. The third-order valence-electron chi connectivity index (χ3n) is 6.02. The molecule has 2 aromatic carbocycles. The quantitative estimate of drug-likeness (QED) is 0.252. The smallest absolute Gasteiger partial charge is 0.336 e. The van der Waals surface area contributed by atoms with Gasteiger partial charge in [-0.05, 0) is 75.1 Å². The van der Waals surface area contributed by atoms with Crippen molar-refractivity contribution in [2.75, 3.05) is 13.2 Å². The van der Waals surface area contributed by atoms with Crippen molar-refractivity contribution in [1.29, 1.82) is 0 Å². The first-order chi connectivity index (χ1) is 18.0. The van der Waals surface area contributed by atoms with Crippen LogP contribution in [-0.2, 0) is 6.42 Å². The number of benzene rings is 2. The number of amides is 2. The average molecular weight is 502 g/mol. The van der Waals surface area contributed by atoms with E-state index < -0.39 is 5.63 Å². The summed E-state index contributed by atoms with van der Waals surface area (Å²) in [5, 5.41) is 15.0. The molecule has 0 radical (unpaired) electrons. The Bertz CT molecular complexity index is 1490. The first kappa shape index (κ1) is 24.2. The second-order valence-corrected chi connectivity index (χ2v) is 8.86. The summed E-state index contributed by atoms with van der Waals surface area (Å²) in [5.41, 5.74) is 2.23. The maximum absolute atomic E-state index is 12.8. The van der Waals surface area contributed by atoms with Crippen molar-refractivity contribution < 1.29 is 18.7 Å². The van der Waals surface area contributed by atoms with Crippen LogP contribution in [0, 0.1) is 0 Å². The number of rotatable bonds is 10. The van der Waals surface area contributed by atoms with E-state index in [1.54, 1.807) is 41.1 Å². The Kier molecular flexibility index (Phi) is 6.98. The van der Waals surface area contributed by atoms with Crippen molar-refractivity contribution >= 4 is 22.8 Å². The second-order valence-electron chi connectivity index (χ2n) is 8.86. The molecule has 0 atom stereocenters. The van der Waals surface area contributed by atoms with Crippen LogP contribution in [0.3, 0.4) is 0 Å². The van der Waals surface area contributed by atoms with E-state index in [9.17, 15) is 14.4 Å². The fourth-order valence-corrected chi connectivity index (χ4v) is 3.97. The predicted molar refractivity (Wildman–Crippen MR) is 136 cm³/mol. The number of carbonyl (C=O) groups is 2. The number of carbonyl (C=O) groups excluding carboxylic acids is 2. The van der Waals surface area contributed by atoms with Crippen molar-refractivity contribution in [2.45, 2.75) is 38.6 Å². The van der Waals surface area contributed by atoms with E-state index in [2.05, 4.69) is 20.9 Å². The average Bonchev–Trinajstić information content (AvgIpc) is 3.62. The van der Waals surface area contributed by atoms with E-state index in [-0.39, 0.29) is 23.6 Å². The van der Waals surface area contributed by atoms with Gasteiger partial charge in [-0.3, -0.25) is 9.59 Å². The highest BCUT2D eigenvalue weighted by Crippen LogP contribution is 2.22. The van der Waals surface area contributed by atoms with E-state index in [1.807, 2.05) is 19.1 Å². The molecule has 0 spiro atoms. The normalized spacial score (nSPS) is 12.9. The lowest BCUT2D eigenvalue weighted by Crippen LogP contribution is -2.27. The summed E-state index contributed by atoms with van der Waals surface area (Å²) in [5.74, 6) is 0.191. The van der Waals surface area contributed by atoms with Crippen molar-refractivity contribution in [2.24, 2.45) is 0 Å². The summed E-state index contributed by atoms with van der Waals surface area (Å²) in [6.45, 7) is 2.78. The monoisotopic (exact) mass is 501 g/mol. The Morgan fingerprint density at radius 3 is 2.62 bits per heavy atom. The Labute approximate surface area is 212 Å². The Hall–Kier alpha value is -4.47. The molecule has 1 aliphatic carbocycles. The highest BCUT2D eigenvalue weighted by atomic mass is 16.5. The van der Waals surface area contributed by atoms with Crippen LogP contribution in [0.5, 0.6) is 5.75 Å². The topological polar surface area (TPSA) is 128 Å². The molecule has 0 unspecified atom stereocenters. The van der Waals surface area contributed by atoms with Crippen LogP contribution in [0.25, 0.3) is 16.7 Å². The third-order valence-corrected chi connectivity index (χ3v) is 6.02. The van der Waals surface area contributed by atoms with Crippen LogP contribution in [0.2, 0.25) is 0 Å². The minimum atomic E-state index is -0.415. The third kappa shape index (κ3) is 5.69. The molecule has 4 aromatic rings. The molecule has 1 aliphatic rings. The zero-order chi connectivity index (χ0) is 25.8. The molecule has 37 heavy (non-hydrogen) atoms. The molecule has 10 heteroatoms. The van der Waals surface area contributed by atoms with Gasteiger partial charge in [0.2, 0.25) is 0 Å². The first-order valence-electron chi connectivity index (χ1n) is 12.3. The lowest BCUT2D eigenvalue weighted by atomic mass is 10.1. The second kappa shape index (κ2) is 10.7. The minimum absolute atomic E-state index is 0.150. The van der Waals surface area contributed by atoms with Gasteiger partial charge in [0.25, 0.3) is 11.8 Å². The Morgan fingerprint density at radius 1 is 1.08 bits per heavy atom. The lowest BCUT2D eigenvalue weighted by molar-refractivity contribution is 0.0940. The number of hydrogen-bond donors (Lipinski definition) is 2. The number of hydrogen-bond acceptors (Lipinski definition) is 7. The van der Waals surface area contributed by atoms with Gasteiger partial charge in [-0.2, -0.15) is 0 Å². The van der Waals surface area contributed by atoms with Crippen LogP contribution in [0.1, 0.15) is 52.7 Å². The van der Waals surface area contributed by atoms with Gasteiger partial charge in [0, 0.05) is 35.7 Å². The summed E-state index contributed by atoms with van der Waals surface area (Å²) in [6.07, 6.45) is 3.01. The molecule has 2 aromatic heterocycles. The maximum atomic E-state index is 12.8. The van der Waals surface area contributed by atoms with E-state index in [0.29, 0.717) is 54.3 Å². The number of aromatic nitrogens is 3. The molecule has 1 fully saturated rings. The van der Waals surface area contributed by atoms with Crippen LogP contribution in [-0.4, -0.2) is 46.0 Å². The lowest BCUT2D eigenvalue weighted by Gasteiger charge is -2.10. The van der Waals surface area contributed by atoms with Crippen molar-refractivity contribution in [3.63, 3.8) is 0 Å². The van der Waals surface area contributed by atoms with Gasteiger partial charge in [0.1, 0.15) is 11.3 Å². The van der Waals surface area contributed by atoms with Crippen LogP contribution < -0.4 is 21.0 Å². The van der Waals surface area contributed by atoms with Gasteiger partial charge >= 0.3 is 5.63 Å². The van der Waals surface area contributed by atoms with Gasteiger partial charge in [-0.15, -0.1) is 5.10 Å². The van der Waals surface area contributed by atoms with Crippen molar-refractivity contribution in [3.05, 3.63) is 82.0 Å². The molecule has 1 saturated carbocycles. The molecule has 2 N–H and O–H groups in total. The summed E-state index contributed by atoms with van der Waals surface area (Å²) >= 11 is 0. The fourth-order valence-electron chi connectivity index (χ4n) is 3.97. The zero-order valence-corrected chi connectivity index (χ0v) is 20.4. The number of fused-ring (bicyclic) bond motifs is 1. The predicted octanol–water partition coefficient (Wildman–Crippen LogP) is 3.03. The largest absolute Gasteiger partial charge is 0.493 e. The van der Waals surface area contributed by atoms with Crippen LogP contribution >= 0.6 is 0 Å². The molecule has 5 rings (SSSR count). The molecular formula is C27H27N5O5. The summed E-state index contributed by atoms with van der Waals surface area (Å²) < 4.78 is 12.7. The van der Waals surface area contributed by atoms with Crippen LogP contribution in [0.15, 0.2) is 63.8 Å². The van der Waals surface area contributed by atoms with Crippen molar-refractivity contribution in [1.82, 2.24) is 25.6 Å². The SMILES string of the molecule is CCNC(=O)c1ccc(-n2nnc(C(=O)NC3CC3)c2CCCOc2ccc3ccc(=O)oc3c2)cc1. The minimum Gasteiger partial charge on any atom is -0.493 e. The summed E-state index contributed by atoms with van der Waals surface area (Å²) in [4.78, 5) is 36.4. The Morgan fingerprint density at radius 2 is 1.86 bits per heavy atom. The summed E-state index contributed by atoms with van der Waals surface area (Å²) in [6, 6.07) is 15.6. The number of nitrogens with zero attached hydrogens (tertiary/aromatic N) is 3. The molecule has 190 valence electrons. The van der Waals surface area contributed by atoms with Gasteiger partial charge in [0.05, 0.1) is 18.0 Å². The molecular weight excluding hydrogens is 474 g/mol. The van der Waals surface area contributed by atoms with E-state index in [4.69, 9.17) is 9.15 Å². The van der Waals surface area contributed by atoms with Gasteiger partial charge in [0.15, 0.2) is 5.69 Å². The van der Waals surface area contributed by atoms with Gasteiger partial charge < -0.3 is 19.8 Å². The van der Waals surface area contributed by atoms with Gasteiger partial charge in [-0.25, -0.2) is 9.48 Å². The zero-order valence-electron chi connectivity index (χ0n) is 20.4. The van der Waals surface area contributed by atoms with Crippen LogP contribution in [0.4, 0.5) is 0 Å². The van der Waals surface area contributed by atoms with Gasteiger partial charge in [-0.1, -0.05) is 5.21 Å². The van der Waals surface area contributed by atoms with E-state index >= 15 is 0 Å².